The molecule has 4 rings (SSSR count). The molecule has 8 heteroatoms. The first-order valence-corrected chi connectivity index (χ1v) is 12.2. The lowest BCUT2D eigenvalue weighted by Gasteiger charge is -2.38. The molecular weight excluding hydrogens is 522 g/mol. The van der Waals surface area contributed by atoms with Crippen LogP contribution in [0.3, 0.4) is 0 Å². The summed E-state index contributed by atoms with van der Waals surface area (Å²) in [7, 11) is 1.32. The van der Waals surface area contributed by atoms with Crippen molar-refractivity contribution in [3.63, 3.8) is 0 Å². The number of Topliss-reactive ketones (excluding diaryl/α,β-unsaturated/α-hetero) is 1. The third-order valence-electron chi connectivity index (χ3n) is 6.41. The molecule has 0 amide bonds. The van der Waals surface area contributed by atoms with E-state index in [1.165, 1.54) is 7.11 Å². The lowest BCUT2D eigenvalue weighted by molar-refractivity contribution is -0.136. The van der Waals surface area contributed by atoms with Gasteiger partial charge in [0.15, 0.2) is 11.5 Å². The van der Waals surface area contributed by atoms with Crippen molar-refractivity contribution < 1.29 is 24.2 Å². The second kappa shape index (κ2) is 9.92. The SMILES string of the molecule is CCOc1cc(C2C(C(=O)OC)=C(C)N=C3CC(c4ccc(Cl)cc4)CC(=O)C32)cc(Br)c1O. The van der Waals surface area contributed by atoms with Crippen LogP contribution < -0.4 is 4.74 Å². The van der Waals surface area contributed by atoms with Gasteiger partial charge in [0, 0.05) is 28.8 Å². The minimum Gasteiger partial charge on any atom is -0.503 e. The Hall–Kier alpha value is -2.64. The first-order chi connectivity index (χ1) is 16.2. The van der Waals surface area contributed by atoms with Crippen molar-refractivity contribution in [2.45, 2.75) is 38.5 Å². The van der Waals surface area contributed by atoms with Gasteiger partial charge >= 0.3 is 5.97 Å². The van der Waals surface area contributed by atoms with E-state index in [2.05, 4.69) is 15.9 Å². The summed E-state index contributed by atoms with van der Waals surface area (Å²) in [6.45, 7) is 3.93. The summed E-state index contributed by atoms with van der Waals surface area (Å²) in [5.41, 5.74) is 3.31. The van der Waals surface area contributed by atoms with Gasteiger partial charge < -0.3 is 14.6 Å². The molecule has 2 aromatic rings. The quantitative estimate of drug-likeness (QED) is 0.468. The number of ketones is 1. The van der Waals surface area contributed by atoms with Crippen LogP contribution in [0.15, 0.2) is 57.1 Å². The number of aromatic hydroxyl groups is 1. The fourth-order valence-corrected chi connectivity index (χ4v) is 5.51. The van der Waals surface area contributed by atoms with Crippen molar-refractivity contribution in [1.29, 1.82) is 0 Å². The molecule has 1 heterocycles. The largest absolute Gasteiger partial charge is 0.503 e. The summed E-state index contributed by atoms with van der Waals surface area (Å²) in [6.07, 6.45) is 0.921. The van der Waals surface area contributed by atoms with Crippen LogP contribution in [0.4, 0.5) is 0 Å². The number of halogens is 2. The standard InChI is InChI=1S/C26H25BrClNO5/c1-4-34-21-12-16(9-18(27)25(21)31)23-22(26(32)33-3)13(2)29-19-10-15(11-20(30)24(19)23)14-5-7-17(28)8-6-14/h5-9,12,15,23-24,31H,4,10-11H2,1-3H3. The van der Waals surface area contributed by atoms with Crippen molar-refractivity contribution in [2.24, 2.45) is 10.9 Å². The molecule has 2 aromatic carbocycles. The molecule has 1 aliphatic heterocycles. The van der Waals surface area contributed by atoms with Gasteiger partial charge in [-0.05, 0) is 77.5 Å². The van der Waals surface area contributed by atoms with Gasteiger partial charge in [-0.1, -0.05) is 23.7 Å². The highest BCUT2D eigenvalue weighted by Crippen LogP contribution is 2.48. The van der Waals surface area contributed by atoms with E-state index in [-0.39, 0.29) is 23.2 Å². The summed E-state index contributed by atoms with van der Waals surface area (Å²) >= 11 is 9.43. The minimum absolute atomic E-state index is 0.00557. The van der Waals surface area contributed by atoms with Gasteiger partial charge in [0.25, 0.3) is 0 Å². The molecule has 1 fully saturated rings. The van der Waals surface area contributed by atoms with E-state index in [0.29, 0.717) is 45.8 Å². The van der Waals surface area contributed by atoms with Crippen LogP contribution >= 0.6 is 27.5 Å². The summed E-state index contributed by atoms with van der Waals surface area (Å²) in [5, 5.41) is 11.1. The number of allylic oxidation sites excluding steroid dienone is 1. The molecule has 3 unspecified atom stereocenters. The van der Waals surface area contributed by atoms with Gasteiger partial charge in [-0.25, -0.2) is 4.79 Å². The number of fused-ring (bicyclic) bond motifs is 1. The zero-order valence-corrected chi connectivity index (χ0v) is 21.4. The van der Waals surface area contributed by atoms with Crippen LogP contribution in [-0.2, 0) is 14.3 Å². The predicted molar refractivity (Wildman–Crippen MR) is 134 cm³/mol. The molecule has 0 saturated heterocycles. The van der Waals surface area contributed by atoms with Gasteiger partial charge in [0.2, 0.25) is 0 Å². The highest BCUT2D eigenvalue weighted by molar-refractivity contribution is 9.10. The topological polar surface area (TPSA) is 85.2 Å². The van der Waals surface area contributed by atoms with Crippen molar-refractivity contribution in [1.82, 2.24) is 0 Å². The number of carbonyl (C=O) groups is 2. The Kier molecular flexibility index (Phi) is 7.14. The number of benzene rings is 2. The molecule has 0 bridgehead atoms. The molecule has 0 aromatic heterocycles. The number of phenols is 1. The van der Waals surface area contributed by atoms with E-state index in [1.54, 1.807) is 19.1 Å². The zero-order chi connectivity index (χ0) is 24.6. The Bertz CT molecular complexity index is 1200. The number of esters is 1. The smallest absolute Gasteiger partial charge is 0.336 e. The van der Waals surface area contributed by atoms with E-state index in [9.17, 15) is 14.7 Å². The maximum atomic E-state index is 13.6. The lowest BCUT2D eigenvalue weighted by atomic mass is 9.66. The summed E-state index contributed by atoms with van der Waals surface area (Å²) < 4.78 is 11.1. The Morgan fingerprint density at radius 1 is 1.18 bits per heavy atom. The molecule has 2 aliphatic rings. The second-order valence-electron chi connectivity index (χ2n) is 8.45. The highest BCUT2D eigenvalue weighted by Gasteiger charge is 2.46. The third kappa shape index (κ3) is 4.51. The summed E-state index contributed by atoms with van der Waals surface area (Å²) in [6, 6.07) is 10.9. The van der Waals surface area contributed by atoms with Crippen molar-refractivity contribution in [3.05, 3.63) is 68.3 Å². The maximum absolute atomic E-state index is 13.6. The Morgan fingerprint density at radius 3 is 2.53 bits per heavy atom. The molecule has 1 N–H and O–H groups in total. The molecule has 1 saturated carbocycles. The normalized spacial score (nSPS) is 22.2. The van der Waals surface area contributed by atoms with Crippen LogP contribution in [0.2, 0.25) is 5.02 Å². The number of carbonyl (C=O) groups excluding carboxylic acids is 2. The van der Waals surface area contributed by atoms with E-state index in [1.807, 2.05) is 31.2 Å². The maximum Gasteiger partial charge on any atom is 0.336 e. The van der Waals surface area contributed by atoms with Gasteiger partial charge in [0.05, 0.1) is 29.7 Å². The van der Waals surface area contributed by atoms with Crippen LogP contribution in [0.1, 0.15) is 49.7 Å². The van der Waals surface area contributed by atoms with Gasteiger partial charge in [-0.15, -0.1) is 0 Å². The summed E-state index contributed by atoms with van der Waals surface area (Å²) in [5.74, 6) is -1.50. The first kappa shape index (κ1) is 24.5. The number of ether oxygens (including phenoxy) is 2. The van der Waals surface area contributed by atoms with Gasteiger partial charge in [-0.2, -0.15) is 0 Å². The second-order valence-corrected chi connectivity index (χ2v) is 9.75. The Balaban J connectivity index is 1.82. The molecular formula is C26H25BrClNO5. The van der Waals surface area contributed by atoms with Crippen molar-refractivity contribution in [2.75, 3.05) is 13.7 Å². The fourth-order valence-electron chi connectivity index (χ4n) is 4.92. The van der Waals surface area contributed by atoms with Crippen molar-refractivity contribution >= 4 is 45.0 Å². The molecule has 3 atom stereocenters. The Labute approximate surface area is 211 Å². The lowest BCUT2D eigenvalue weighted by Crippen LogP contribution is -2.41. The van der Waals surface area contributed by atoms with Crippen molar-refractivity contribution in [3.8, 4) is 11.5 Å². The van der Waals surface area contributed by atoms with E-state index < -0.39 is 17.8 Å². The number of methoxy groups -OCH3 is 1. The molecule has 178 valence electrons. The number of nitrogens with zero attached hydrogens (tertiary/aromatic N) is 1. The predicted octanol–water partition coefficient (Wildman–Crippen LogP) is 5.95. The van der Waals surface area contributed by atoms with E-state index in [0.717, 1.165) is 11.3 Å². The molecule has 0 spiro atoms. The Morgan fingerprint density at radius 2 is 1.88 bits per heavy atom. The zero-order valence-electron chi connectivity index (χ0n) is 19.1. The highest BCUT2D eigenvalue weighted by atomic mass is 79.9. The number of phenolic OH excluding ortho intramolecular Hbond substituents is 1. The molecule has 6 nitrogen and oxygen atoms in total. The molecule has 0 radical (unpaired) electrons. The average molecular weight is 547 g/mol. The van der Waals surface area contributed by atoms with Crippen LogP contribution in [-0.4, -0.2) is 36.3 Å². The first-order valence-electron chi connectivity index (χ1n) is 11.0. The molecule has 1 aliphatic carbocycles. The summed E-state index contributed by atoms with van der Waals surface area (Å²) in [4.78, 5) is 31.2. The van der Waals surface area contributed by atoms with Crippen LogP contribution in [0.5, 0.6) is 11.5 Å². The number of aliphatic imine (C=N–C) groups is 1. The number of rotatable bonds is 5. The fraction of sp³-hybridized carbons (Fsp3) is 0.346. The molecule has 34 heavy (non-hydrogen) atoms. The monoisotopic (exact) mass is 545 g/mol. The number of hydrogen-bond donors (Lipinski definition) is 1. The van der Waals surface area contributed by atoms with E-state index in [4.69, 9.17) is 26.1 Å². The average Bonchev–Trinajstić information content (AvgIpc) is 2.81. The van der Waals surface area contributed by atoms with Gasteiger partial charge in [-0.3, -0.25) is 9.79 Å². The van der Waals surface area contributed by atoms with Crippen LogP contribution in [0.25, 0.3) is 0 Å². The third-order valence-corrected chi connectivity index (χ3v) is 7.27. The minimum atomic E-state index is -0.604. The van der Waals surface area contributed by atoms with Crippen LogP contribution in [0, 0.1) is 5.92 Å². The van der Waals surface area contributed by atoms with E-state index >= 15 is 0 Å². The van der Waals surface area contributed by atoms with Gasteiger partial charge in [0.1, 0.15) is 5.78 Å². The number of hydrogen-bond acceptors (Lipinski definition) is 6.